The van der Waals surface area contributed by atoms with Gasteiger partial charge in [0.15, 0.2) is 0 Å². The number of likely N-dealkylation sites (tertiary alicyclic amines) is 1. The number of fused-ring (bicyclic) bond motifs is 1. The average Bonchev–Trinajstić information content (AvgIpc) is 3.10. The van der Waals surface area contributed by atoms with Gasteiger partial charge < -0.3 is 20.9 Å². The maximum Gasteiger partial charge on any atom is 0.246 e. The predicted octanol–water partition coefficient (Wildman–Crippen LogP) is 1.19. The van der Waals surface area contributed by atoms with Crippen molar-refractivity contribution in [2.75, 3.05) is 13.1 Å². The SMILES string of the molecule is CC(C)C(=O)NC(C(=O)N1CC2C([C@H]1C(=O)N[C@H](C#N)C[C@@H]1CCNC1=O)C2(C)C)C(C)(C)C. The minimum atomic E-state index is -0.807. The average molecular weight is 474 g/mol. The summed E-state index contributed by atoms with van der Waals surface area (Å²) < 4.78 is 0. The van der Waals surface area contributed by atoms with Crippen LogP contribution in [0.5, 0.6) is 0 Å². The molecule has 4 amide bonds. The van der Waals surface area contributed by atoms with Crippen LogP contribution in [0.3, 0.4) is 0 Å². The molecule has 3 fully saturated rings. The van der Waals surface area contributed by atoms with Crippen molar-refractivity contribution in [1.82, 2.24) is 20.9 Å². The molecule has 3 rings (SSSR count). The van der Waals surface area contributed by atoms with E-state index >= 15 is 0 Å². The van der Waals surface area contributed by atoms with Gasteiger partial charge in [0.2, 0.25) is 23.6 Å². The summed E-state index contributed by atoms with van der Waals surface area (Å²) in [6.45, 7) is 14.4. The van der Waals surface area contributed by atoms with Gasteiger partial charge in [-0.3, -0.25) is 19.2 Å². The second-order valence-corrected chi connectivity index (χ2v) is 12.1. The fourth-order valence-corrected chi connectivity index (χ4v) is 5.49. The molecule has 3 unspecified atom stereocenters. The van der Waals surface area contributed by atoms with Crippen molar-refractivity contribution in [2.45, 2.75) is 79.4 Å². The van der Waals surface area contributed by atoms with Gasteiger partial charge in [-0.15, -0.1) is 0 Å². The number of hydrogen-bond donors (Lipinski definition) is 3. The first-order valence-corrected chi connectivity index (χ1v) is 12.3. The molecule has 0 spiro atoms. The van der Waals surface area contributed by atoms with Crippen molar-refractivity contribution >= 4 is 23.6 Å². The summed E-state index contributed by atoms with van der Waals surface area (Å²) in [6, 6.07) is -0.175. The minimum Gasteiger partial charge on any atom is -0.356 e. The van der Waals surface area contributed by atoms with Crippen molar-refractivity contribution in [3.8, 4) is 6.07 Å². The third-order valence-electron chi connectivity index (χ3n) is 7.84. The van der Waals surface area contributed by atoms with Gasteiger partial charge in [0.25, 0.3) is 0 Å². The Hall–Kier alpha value is -2.63. The van der Waals surface area contributed by atoms with Crippen LogP contribution in [0.25, 0.3) is 0 Å². The number of carbonyl (C=O) groups is 4. The fourth-order valence-electron chi connectivity index (χ4n) is 5.49. The fraction of sp³-hybridized carbons (Fsp3) is 0.800. The van der Waals surface area contributed by atoms with Crippen LogP contribution >= 0.6 is 0 Å². The lowest BCUT2D eigenvalue weighted by Gasteiger charge is -2.38. The van der Waals surface area contributed by atoms with Gasteiger partial charge in [0, 0.05) is 24.9 Å². The summed E-state index contributed by atoms with van der Waals surface area (Å²) in [5.41, 5.74) is -0.624. The number of carbonyl (C=O) groups excluding carboxylic acids is 4. The molecule has 0 radical (unpaired) electrons. The lowest BCUT2D eigenvalue weighted by atomic mass is 9.84. The summed E-state index contributed by atoms with van der Waals surface area (Å²) in [4.78, 5) is 53.2. The van der Waals surface area contributed by atoms with E-state index in [9.17, 15) is 24.4 Å². The van der Waals surface area contributed by atoms with Crippen LogP contribution in [0.15, 0.2) is 0 Å². The zero-order valence-electron chi connectivity index (χ0n) is 21.4. The Balaban J connectivity index is 1.79. The summed E-state index contributed by atoms with van der Waals surface area (Å²) in [5.74, 6) is -1.32. The number of nitrogens with zero attached hydrogens (tertiary/aromatic N) is 2. The molecule has 9 nitrogen and oxygen atoms in total. The third kappa shape index (κ3) is 4.91. The van der Waals surface area contributed by atoms with E-state index in [1.165, 1.54) is 0 Å². The molecule has 2 heterocycles. The predicted molar refractivity (Wildman–Crippen MR) is 126 cm³/mol. The second-order valence-electron chi connectivity index (χ2n) is 12.1. The first kappa shape index (κ1) is 26.0. The summed E-state index contributed by atoms with van der Waals surface area (Å²) in [7, 11) is 0. The van der Waals surface area contributed by atoms with Gasteiger partial charge in [-0.25, -0.2) is 0 Å². The van der Waals surface area contributed by atoms with Crippen molar-refractivity contribution < 1.29 is 19.2 Å². The zero-order chi connectivity index (χ0) is 25.6. The van der Waals surface area contributed by atoms with E-state index in [1.807, 2.05) is 20.8 Å². The van der Waals surface area contributed by atoms with Gasteiger partial charge in [-0.2, -0.15) is 5.26 Å². The number of hydrogen-bond acceptors (Lipinski definition) is 5. The van der Waals surface area contributed by atoms with E-state index < -0.39 is 23.5 Å². The molecular formula is C25H39N5O4. The third-order valence-corrected chi connectivity index (χ3v) is 7.84. The second kappa shape index (κ2) is 9.20. The standard InChI is InChI=1S/C25H39N5O4/c1-13(2)20(31)29-19(24(3,4)5)23(34)30-12-16-17(25(16,6)7)18(30)22(33)28-15(11-26)10-14-8-9-27-21(14)32/h13-19H,8-10,12H2,1-7H3,(H,27,32)(H,28,33)(H,29,31)/t14-,15-,16?,17?,18-,19?/m0/s1. The van der Waals surface area contributed by atoms with E-state index in [2.05, 4.69) is 35.9 Å². The molecule has 34 heavy (non-hydrogen) atoms. The van der Waals surface area contributed by atoms with E-state index in [-0.39, 0.29) is 59.1 Å². The van der Waals surface area contributed by atoms with Crippen molar-refractivity contribution in [3.05, 3.63) is 0 Å². The van der Waals surface area contributed by atoms with E-state index in [1.54, 1.807) is 18.7 Å². The van der Waals surface area contributed by atoms with Crippen LogP contribution in [0.4, 0.5) is 0 Å². The lowest BCUT2D eigenvalue weighted by Crippen LogP contribution is -2.60. The molecule has 0 aromatic carbocycles. The van der Waals surface area contributed by atoms with Gasteiger partial charge >= 0.3 is 0 Å². The first-order valence-electron chi connectivity index (χ1n) is 12.3. The normalized spacial score (nSPS) is 29.0. The number of rotatable bonds is 7. The van der Waals surface area contributed by atoms with Crippen LogP contribution < -0.4 is 16.0 Å². The highest BCUT2D eigenvalue weighted by Crippen LogP contribution is 2.65. The molecule has 1 aliphatic carbocycles. The molecule has 0 aromatic rings. The first-order chi connectivity index (χ1) is 15.7. The quantitative estimate of drug-likeness (QED) is 0.511. The molecule has 188 valence electrons. The number of nitriles is 1. The monoisotopic (exact) mass is 473 g/mol. The smallest absolute Gasteiger partial charge is 0.246 e. The topological polar surface area (TPSA) is 131 Å². The number of amides is 4. The Kier molecular flexibility index (Phi) is 7.03. The Morgan fingerprint density at radius 3 is 2.38 bits per heavy atom. The van der Waals surface area contributed by atoms with Crippen LogP contribution in [-0.4, -0.2) is 59.7 Å². The summed E-state index contributed by atoms with van der Waals surface area (Å²) in [6.07, 6.45) is 0.892. The molecule has 2 saturated heterocycles. The highest BCUT2D eigenvalue weighted by atomic mass is 16.2. The molecule has 6 atom stereocenters. The van der Waals surface area contributed by atoms with E-state index in [0.29, 0.717) is 19.5 Å². The molecule has 1 saturated carbocycles. The van der Waals surface area contributed by atoms with Crippen LogP contribution in [0.1, 0.15) is 61.3 Å². The van der Waals surface area contributed by atoms with Gasteiger partial charge in [-0.05, 0) is 35.5 Å². The highest BCUT2D eigenvalue weighted by molar-refractivity contribution is 5.94. The number of nitrogens with one attached hydrogen (secondary N) is 3. The summed E-state index contributed by atoms with van der Waals surface area (Å²) >= 11 is 0. The van der Waals surface area contributed by atoms with Crippen molar-refractivity contribution in [3.63, 3.8) is 0 Å². The van der Waals surface area contributed by atoms with E-state index in [0.717, 1.165) is 0 Å². The van der Waals surface area contributed by atoms with E-state index in [4.69, 9.17) is 0 Å². The molecule has 0 aromatic heterocycles. The molecule has 9 heteroatoms. The van der Waals surface area contributed by atoms with Crippen molar-refractivity contribution in [2.24, 2.45) is 34.5 Å². The van der Waals surface area contributed by atoms with Crippen LogP contribution in [0, 0.1) is 45.8 Å². The maximum atomic E-state index is 13.7. The Morgan fingerprint density at radius 1 is 1.24 bits per heavy atom. The molecular weight excluding hydrogens is 434 g/mol. The highest BCUT2D eigenvalue weighted by Gasteiger charge is 2.69. The summed E-state index contributed by atoms with van der Waals surface area (Å²) in [5, 5.41) is 18.1. The number of piperidine rings is 1. The zero-order valence-corrected chi connectivity index (χ0v) is 21.4. The molecule has 3 N–H and O–H groups in total. The Bertz CT molecular complexity index is 900. The lowest BCUT2D eigenvalue weighted by molar-refractivity contribution is -0.146. The molecule has 2 aliphatic heterocycles. The Labute approximate surface area is 202 Å². The molecule has 3 aliphatic rings. The van der Waals surface area contributed by atoms with Crippen molar-refractivity contribution in [1.29, 1.82) is 5.26 Å². The molecule has 0 bridgehead atoms. The van der Waals surface area contributed by atoms with Gasteiger partial charge in [0.1, 0.15) is 18.1 Å². The van der Waals surface area contributed by atoms with Gasteiger partial charge in [-0.1, -0.05) is 48.5 Å². The maximum absolute atomic E-state index is 13.7. The largest absolute Gasteiger partial charge is 0.356 e. The van der Waals surface area contributed by atoms with Crippen LogP contribution in [0.2, 0.25) is 0 Å². The van der Waals surface area contributed by atoms with Gasteiger partial charge in [0.05, 0.1) is 6.07 Å². The van der Waals surface area contributed by atoms with Crippen LogP contribution in [-0.2, 0) is 19.2 Å². The Morgan fingerprint density at radius 2 is 1.88 bits per heavy atom. The minimum absolute atomic E-state index is 0.00742.